The minimum Gasteiger partial charge on any atom is -0.496 e. The van der Waals surface area contributed by atoms with Crippen LogP contribution in [0.4, 0.5) is 23.7 Å². The van der Waals surface area contributed by atoms with E-state index in [0.717, 1.165) is 29.5 Å². The van der Waals surface area contributed by atoms with Gasteiger partial charge in [-0.2, -0.15) is 0 Å². The summed E-state index contributed by atoms with van der Waals surface area (Å²) >= 11 is 0.805. The number of aromatic carboxylic acids is 1. The Bertz CT molecular complexity index is 2150. The van der Waals surface area contributed by atoms with Crippen molar-refractivity contribution >= 4 is 39.2 Å². The highest BCUT2D eigenvalue weighted by Crippen LogP contribution is 2.38. The maximum atomic E-state index is 15.4. The number of carbonyl (C=O) groups is 2. The predicted molar refractivity (Wildman–Crippen MR) is 163 cm³/mol. The molecular weight excluding hydrogens is 649 g/mol. The smallest absolute Gasteiger partial charge is 0.343 e. The number of hydrogen-bond donors (Lipinski definition) is 4. The van der Waals surface area contributed by atoms with Crippen LogP contribution in [0.15, 0.2) is 58.1 Å². The molecule has 0 radical (unpaired) electrons. The zero-order valence-electron chi connectivity index (χ0n) is 24.5. The summed E-state index contributed by atoms with van der Waals surface area (Å²) in [6.07, 6.45) is 0. The molecule has 4 N–H and O–H groups in total. The van der Waals surface area contributed by atoms with E-state index >= 15 is 4.39 Å². The molecule has 0 aliphatic rings. The molecule has 0 saturated heterocycles. The summed E-state index contributed by atoms with van der Waals surface area (Å²) in [7, 11) is 3.67. The molecule has 13 nitrogen and oxygen atoms in total. The van der Waals surface area contributed by atoms with E-state index in [9.17, 15) is 33.1 Å². The van der Waals surface area contributed by atoms with Crippen LogP contribution in [0, 0.1) is 17.5 Å². The molecule has 2 heterocycles. The molecular formula is C30H23F3N4O9S. The fourth-order valence-corrected chi connectivity index (χ4v) is 5.86. The minimum atomic E-state index is -1.51. The molecule has 0 aliphatic heterocycles. The highest BCUT2D eigenvalue weighted by molar-refractivity contribution is 7.22. The highest BCUT2D eigenvalue weighted by atomic mass is 32.1. The molecule has 5 rings (SSSR count). The van der Waals surface area contributed by atoms with E-state index in [4.69, 9.17) is 14.2 Å². The first-order valence-electron chi connectivity index (χ1n) is 13.3. The summed E-state index contributed by atoms with van der Waals surface area (Å²) in [5.74, 6) is -5.57. The van der Waals surface area contributed by atoms with Gasteiger partial charge in [-0.25, -0.2) is 37.6 Å². The number of carbonyl (C=O) groups excluding carboxylic acids is 1. The third-order valence-corrected chi connectivity index (χ3v) is 7.94. The number of aromatic amines is 1. The lowest BCUT2D eigenvalue weighted by atomic mass is 10.1. The monoisotopic (exact) mass is 672 g/mol. The normalized spacial score (nSPS) is 10.9. The van der Waals surface area contributed by atoms with Crippen LogP contribution in [-0.4, -0.2) is 48.0 Å². The van der Waals surface area contributed by atoms with E-state index < -0.39 is 63.9 Å². The first-order valence-corrected chi connectivity index (χ1v) is 14.1. The number of hydroxylamine groups is 1. The van der Waals surface area contributed by atoms with Crippen LogP contribution < -0.4 is 36.3 Å². The average molecular weight is 673 g/mol. The van der Waals surface area contributed by atoms with Gasteiger partial charge in [0, 0.05) is 17.8 Å². The van der Waals surface area contributed by atoms with Gasteiger partial charge in [-0.15, -0.1) is 11.3 Å². The first kappa shape index (κ1) is 32.6. The van der Waals surface area contributed by atoms with E-state index in [0.29, 0.717) is 15.8 Å². The quantitative estimate of drug-likeness (QED) is 0.152. The van der Waals surface area contributed by atoms with Crippen LogP contribution in [0.1, 0.15) is 15.9 Å². The number of carboxylic acid groups (broad SMARTS) is 1. The van der Waals surface area contributed by atoms with Crippen molar-refractivity contribution in [3.63, 3.8) is 0 Å². The molecule has 2 aromatic heterocycles. The number of thiophene rings is 1. The van der Waals surface area contributed by atoms with Crippen LogP contribution in [0.25, 0.3) is 26.3 Å². The van der Waals surface area contributed by atoms with Crippen LogP contribution in [0.2, 0.25) is 0 Å². The van der Waals surface area contributed by atoms with Crippen molar-refractivity contribution < 1.29 is 46.9 Å². The number of H-pyrrole nitrogens is 1. The van der Waals surface area contributed by atoms with Crippen LogP contribution in [0.5, 0.6) is 17.2 Å². The first-order chi connectivity index (χ1) is 22.5. The van der Waals surface area contributed by atoms with Crippen LogP contribution in [0.3, 0.4) is 0 Å². The molecule has 0 unspecified atom stereocenters. The van der Waals surface area contributed by atoms with E-state index in [1.807, 2.05) is 0 Å². The lowest BCUT2D eigenvalue weighted by molar-refractivity contribution is 0.0700. The number of aromatic nitrogens is 2. The molecule has 0 bridgehead atoms. The third-order valence-electron chi connectivity index (χ3n) is 6.78. The number of methoxy groups -OCH3 is 2. The second kappa shape index (κ2) is 13.3. The number of rotatable bonds is 10. The number of benzene rings is 3. The van der Waals surface area contributed by atoms with Gasteiger partial charge in [0.25, 0.3) is 5.56 Å². The fraction of sp³-hybridized carbons (Fsp3) is 0.133. The largest absolute Gasteiger partial charge is 0.496 e. The standard InChI is InChI=1S/C30H23F3N4O9S/c1-43-19-9-8-16(31)24(33)15(19)12-46-21-11-18(17(32)10-20(21)44-2)37-27(38)23-22(28(39)40)25(47-26(23)35-30(37)42)13-4-6-14(7-5-13)34-29(41)36-45-3/h4-11H,12H2,1-3H3,(H,35,42)(H,39,40)(H2,34,36,41). The molecule has 0 spiro atoms. The predicted octanol–water partition coefficient (Wildman–Crippen LogP) is 4.80. The Morgan fingerprint density at radius 3 is 2.28 bits per heavy atom. The summed E-state index contributed by atoms with van der Waals surface area (Å²) in [6.45, 7) is -0.624. The van der Waals surface area contributed by atoms with E-state index in [1.54, 1.807) is 0 Å². The summed E-state index contributed by atoms with van der Waals surface area (Å²) in [5, 5.41) is 12.2. The van der Waals surface area contributed by atoms with Crippen molar-refractivity contribution in [3.05, 3.63) is 97.9 Å². The zero-order valence-corrected chi connectivity index (χ0v) is 25.3. The minimum absolute atomic E-state index is 0.0414. The Labute approximate surface area is 265 Å². The second-order valence-electron chi connectivity index (χ2n) is 9.51. The molecule has 5 aromatic rings. The van der Waals surface area contributed by atoms with E-state index in [1.165, 1.54) is 51.7 Å². The van der Waals surface area contributed by atoms with Gasteiger partial charge >= 0.3 is 17.7 Å². The summed E-state index contributed by atoms with van der Waals surface area (Å²) < 4.78 is 60.1. The molecule has 47 heavy (non-hydrogen) atoms. The number of nitrogens with one attached hydrogen (secondary N) is 3. The average Bonchev–Trinajstić information content (AvgIpc) is 3.43. The molecule has 0 saturated carbocycles. The Hall–Kier alpha value is -5.81. The van der Waals surface area contributed by atoms with Gasteiger partial charge in [-0.3, -0.25) is 14.6 Å². The number of anilines is 1. The van der Waals surface area contributed by atoms with Crippen LogP contribution >= 0.6 is 11.3 Å². The van der Waals surface area contributed by atoms with E-state index in [2.05, 4.69) is 20.6 Å². The highest BCUT2D eigenvalue weighted by Gasteiger charge is 2.27. The van der Waals surface area contributed by atoms with Gasteiger partial charge < -0.3 is 24.6 Å². The molecule has 244 valence electrons. The van der Waals surface area contributed by atoms with Crippen molar-refractivity contribution in [3.8, 4) is 33.4 Å². The number of fused-ring (bicyclic) bond motifs is 1. The number of amides is 2. The second-order valence-corrected chi connectivity index (χ2v) is 10.5. The number of carboxylic acids is 1. The number of halogens is 3. The SMILES string of the molecule is CONC(=O)Nc1ccc(-c2sc3[nH]c(=O)n(-c4cc(OCc5c(OC)ccc(F)c5F)c(OC)cc4F)c(=O)c3c2C(=O)O)cc1. The van der Waals surface area contributed by atoms with E-state index in [-0.39, 0.29) is 32.5 Å². The third kappa shape index (κ3) is 6.21. The van der Waals surface area contributed by atoms with Gasteiger partial charge in [0.05, 0.1) is 48.4 Å². The Balaban J connectivity index is 1.61. The van der Waals surface area contributed by atoms with Crippen molar-refractivity contribution in [1.82, 2.24) is 15.0 Å². The molecule has 0 aliphatic carbocycles. The van der Waals surface area contributed by atoms with Gasteiger partial charge in [-0.05, 0) is 29.8 Å². The Morgan fingerprint density at radius 2 is 1.64 bits per heavy atom. The number of nitrogens with zero attached hydrogens (tertiary/aromatic N) is 1. The Kier molecular flexibility index (Phi) is 9.20. The molecule has 3 aromatic carbocycles. The lowest BCUT2D eigenvalue weighted by Crippen LogP contribution is -2.34. The molecule has 17 heteroatoms. The summed E-state index contributed by atoms with van der Waals surface area (Å²) in [6, 6.07) is 9.04. The van der Waals surface area contributed by atoms with Gasteiger partial charge in [0.15, 0.2) is 29.0 Å². The molecule has 0 atom stereocenters. The lowest BCUT2D eigenvalue weighted by Gasteiger charge is -2.16. The summed E-state index contributed by atoms with van der Waals surface area (Å²) in [5.41, 5.74) is -0.936. The Morgan fingerprint density at radius 1 is 0.936 bits per heavy atom. The maximum absolute atomic E-state index is 15.4. The fourth-order valence-electron chi connectivity index (χ4n) is 4.68. The topological polar surface area (TPSA) is 170 Å². The van der Waals surface area contributed by atoms with Crippen molar-refractivity contribution in [2.24, 2.45) is 0 Å². The molecule has 2 amide bonds. The number of hydrogen-bond acceptors (Lipinski definition) is 9. The van der Waals surface area contributed by atoms with Crippen LogP contribution in [-0.2, 0) is 11.4 Å². The van der Waals surface area contributed by atoms with Gasteiger partial charge in [-0.1, -0.05) is 12.1 Å². The van der Waals surface area contributed by atoms with Crippen molar-refractivity contribution in [2.75, 3.05) is 26.6 Å². The maximum Gasteiger partial charge on any atom is 0.343 e. The summed E-state index contributed by atoms with van der Waals surface area (Å²) in [4.78, 5) is 58.2. The van der Waals surface area contributed by atoms with Crippen molar-refractivity contribution in [2.45, 2.75) is 6.61 Å². The zero-order chi connectivity index (χ0) is 34.0. The number of ether oxygens (including phenoxy) is 3. The van der Waals surface area contributed by atoms with Crippen molar-refractivity contribution in [1.29, 1.82) is 0 Å². The number of urea groups is 1. The van der Waals surface area contributed by atoms with Gasteiger partial charge in [0.2, 0.25) is 0 Å². The van der Waals surface area contributed by atoms with Gasteiger partial charge in [0.1, 0.15) is 17.2 Å². The molecule has 0 fully saturated rings.